The SMILES string of the molecule is CC(C)(C)[N]1[Ge](=[S])[N](C(C)(C)C)[Si]2(C)N(C(C)(C)C)[Si]1(C)N2C(C)(C)C. The first-order chi connectivity index (χ1) is 11.1. The van der Waals surface area contributed by atoms with Crippen LogP contribution in [0.5, 0.6) is 0 Å². The molecule has 0 saturated carbocycles. The summed E-state index contributed by atoms with van der Waals surface area (Å²) in [5.74, 6) is 0. The Morgan fingerprint density at radius 2 is 0.769 bits per heavy atom. The molecule has 0 atom stereocenters. The summed E-state index contributed by atoms with van der Waals surface area (Å²) in [7, 11) is 2.45. The summed E-state index contributed by atoms with van der Waals surface area (Å²) in [6.07, 6.45) is 0. The van der Waals surface area contributed by atoms with E-state index in [0.29, 0.717) is 0 Å². The van der Waals surface area contributed by atoms with Crippen molar-refractivity contribution in [2.45, 2.75) is 118 Å². The molecule has 3 heterocycles. The van der Waals surface area contributed by atoms with E-state index in [-0.39, 0.29) is 22.2 Å². The third kappa shape index (κ3) is 2.94. The van der Waals surface area contributed by atoms with Crippen LogP contribution in [0.3, 0.4) is 0 Å². The Bertz CT molecular complexity index is 553. The first-order valence-electron chi connectivity index (χ1n) is 9.89. The zero-order valence-electron chi connectivity index (χ0n) is 19.7. The maximum atomic E-state index is 6.47. The molecule has 0 aromatic rings. The summed E-state index contributed by atoms with van der Waals surface area (Å²) in [5.41, 5.74) is 0.519. The Labute approximate surface area is 174 Å². The van der Waals surface area contributed by atoms with Crippen LogP contribution in [-0.2, 0) is 0 Å². The topological polar surface area (TPSA) is 13.0 Å². The maximum absolute atomic E-state index is 6.47. The second-order valence-corrected chi connectivity index (χ2v) is 26.5. The quantitative estimate of drug-likeness (QED) is 0.469. The molecule has 3 aliphatic heterocycles. The van der Waals surface area contributed by atoms with Crippen LogP contribution < -0.4 is 0 Å². The molecule has 0 aromatic carbocycles. The van der Waals surface area contributed by atoms with E-state index in [1.807, 2.05) is 0 Å². The number of rotatable bonds is 0. The van der Waals surface area contributed by atoms with Crippen molar-refractivity contribution in [3.8, 4) is 0 Å². The molecule has 0 radical (unpaired) electrons. The van der Waals surface area contributed by atoms with E-state index in [1.54, 1.807) is 0 Å². The molecule has 0 spiro atoms. The first kappa shape index (κ1) is 23.0. The number of hydrogen-bond acceptors (Lipinski definition) is 3. The second kappa shape index (κ2) is 5.87. The predicted octanol–water partition coefficient (Wildman–Crippen LogP) is 4.74. The van der Waals surface area contributed by atoms with Crippen LogP contribution in [-0.4, -0.2) is 67.9 Å². The van der Waals surface area contributed by atoms with Gasteiger partial charge in [0.25, 0.3) is 0 Å². The molecule has 3 saturated heterocycles. The van der Waals surface area contributed by atoms with Gasteiger partial charge in [-0.05, 0) is 0 Å². The van der Waals surface area contributed by atoms with Crippen LogP contribution >= 0.6 is 10.5 Å². The van der Waals surface area contributed by atoms with Gasteiger partial charge in [-0.2, -0.15) is 0 Å². The number of fused-ring (bicyclic) bond motifs is 2. The molecular weight excluding hydrogens is 433 g/mol. The molecule has 4 nitrogen and oxygen atoms in total. The van der Waals surface area contributed by atoms with Crippen LogP contribution in [0.4, 0.5) is 0 Å². The fraction of sp³-hybridized carbons (Fsp3) is 1.00. The predicted molar refractivity (Wildman–Crippen MR) is 123 cm³/mol. The summed E-state index contributed by atoms with van der Waals surface area (Å²) < 4.78 is 11.8. The van der Waals surface area contributed by atoms with E-state index in [4.69, 9.17) is 10.5 Å². The monoisotopic (exact) mass is 476 g/mol. The van der Waals surface area contributed by atoms with Gasteiger partial charge < -0.3 is 0 Å². The zero-order chi connectivity index (χ0) is 20.9. The van der Waals surface area contributed by atoms with E-state index in [0.717, 1.165) is 0 Å². The van der Waals surface area contributed by atoms with E-state index in [2.05, 4.69) is 112 Å². The minimum atomic E-state index is -2.01. The molecule has 3 aliphatic rings. The summed E-state index contributed by atoms with van der Waals surface area (Å²) in [5, 5.41) is 0. The number of hydrogen-bond donors (Lipinski definition) is 0. The van der Waals surface area contributed by atoms with Crippen molar-refractivity contribution in [3.05, 3.63) is 0 Å². The third-order valence-electron chi connectivity index (χ3n) is 5.61. The van der Waals surface area contributed by atoms with Crippen molar-refractivity contribution in [1.29, 1.82) is 0 Å². The third-order valence-corrected chi connectivity index (χ3v) is 35.3. The molecule has 3 fully saturated rings. The van der Waals surface area contributed by atoms with Gasteiger partial charge in [0.15, 0.2) is 0 Å². The fourth-order valence-corrected chi connectivity index (χ4v) is 46.1. The Balaban J connectivity index is 2.89. The van der Waals surface area contributed by atoms with Gasteiger partial charge in [-0.25, -0.2) is 0 Å². The van der Waals surface area contributed by atoms with E-state index >= 15 is 0 Å². The second-order valence-electron chi connectivity index (χ2n) is 12.2. The summed E-state index contributed by atoms with van der Waals surface area (Å²) >= 11 is -1.99. The standard InChI is InChI=1S/C18H42GeN4SSi2/c1-15(2,3)20-19(24)21(16(4,5)6)26(14)22(17(7,8)9)25(20,13)23(26)18(10,11)12/h1-14H3. The fourth-order valence-electron chi connectivity index (χ4n) is 6.21. The van der Waals surface area contributed by atoms with Crippen molar-refractivity contribution >= 4 is 40.7 Å². The van der Waals surface area contributed by atoms with Gasteiger partial charge in [0.05, 0.1) is 0 Å². The van der Waals surface area contributed by atoms with Gasteiger partial charge in [0, 0.05) is 0 Å². The first-order valence-corrected chi connectivity index (χ1v) is 19.4. The molecule has 8 heteroatoms. The van der Waals surface area contributed by atoms with Crippen molar-refractivity contribution < 1.29 is 0 Å². The van der Waals surface area contributed by atoms with E-state index in [9.17, 15) is 0 Å². The number of nitrogens with zero attached hydrogens (tertiary/aromatic N) is 4. The van der Waals surface area contributed by atoms with Gasteiger partial charge in [-0.15, -0.1) is 0 Å². The average Bonchev–Trinajstić information content (AvgIpc) is 2.15. The van der Waals surface area contributed by atoms with Crippen LogP contribution in [0, 0.1) is 0 Å². The van der Waals surface area contributed by atoms with Gasteiger partial charge >= 0.3 is 175 Å². The van der Waals surface area contributed by atoms with Crippen molar-refractivity contribution in [1.82, 2.24) is 15.5 Å². The molecule has 0 aliphatic carbocycles. The molecule has 0 aromatic heterocycles. The Kier molecular flexibility index (Phi) is 5.20. The molecule has 2 bridgehead atoms. The molecule has 3 rings (SSSR count). The molecular formula is C18H42GeN4SSi2. The van der Waals surface area contributed by atoms with Crippen LogP contribution in [0.15, 0.2) is 0 Å². The normalized spacial score (nSPS) is 32.2. The summed E-state index contributed by atoms with van der Waals surface area (Å²) in [6, 6.07) is 0. The minimum absolute atomic E-state index is 0.102. The van der Waals surface area contributed by atoms with Gasteiger partial charge in [0.1, 0.15) is 0 Å². The van der Waals surface area contributed by atoms with Crippen molar-refractivity contribution in [2.24, 2.45) is 0 Å². The Hall–Kier alpha value is 0.717. The average molecular weight is 475 g/mol. The molecule has 0 unspecified atom stereocenters. The van der Waals surface area contributed by atoms with Crippen molar-refractivity contribution in [3.63, 3.8) is 0 Å². The molecule has 0 N–H and O–H groups in total. The van der Waals surface area contributed by atoms with E-state index in [1.165, 1.54) is 0 Å². The van der Waals surface area contributed by atoms with Gasteiger partial charge in [-0.3, -0.25) is 0 Å². The molecule has 152 valence electrons. The molecule has 26 heavy (non-hydrogen) atoms. The zero-order valence-corrected chi connectivity index (χ0v) is 24.6. The molecule has 0 amide bonds. The van der Waals surface area contributed by atoms with Gasteiger partial charge in [-0.1, -0.05) is 0 Å². The summed E-state index contributed by atoms with van der Waals surface area (Å²) in [6.45, 7) is 34.0. The summed E-state index contributed by atoms with van der Waals surface area (Å²) in [4.78, 5) is 0. The van der Waals surface area contributed by atoms with Crippen molar-refractivity contribution in [2.75, 3.05) is 0 Å². The van der Waals surface area contributed by atoms with Crippen LogP contribution in [0.2, 0.25) is 13.1 Å². The van der Waals surface area contributed by atoms with Gasteiger partial charge in [0.2, 0.25) is 0 Å². The van der Waals surface area contributed by atoms with Crippen LogP contribution in [0.25, 0.3) is 0 Å². The van der Waals surface area contributed by atoms with E-state index < -0.39 is 30.3 Å². The van der Waals surface area contributed by atoms with Crippen LogP contribution in [0.1, 0.15) is 83.1 Å². The Morgan fingerprint density at radius 1 is 0.538 bits per heavy atom. The Morgan fingerprint density at radius 3 is 0.923 bits per heavy atom.